The van der Waals surface area contributed by atoms with Crippen molar-refractivity contribution in [2.24, 2.45) is 0 Å². The van der Waals surface area contributed by atoms with Gasteiger partial charge in [-0.05, 0) is 52.7 Å². The second-order valence-corrected chi connectivity index (χ2v) is 5.06. The van der Waals surface area contributed by atoms with Gasteiger partial charge in [0.1, 0.15) is 17.4 Å². The first-order valence-electron chi connectivity index (χ1n) is 5.64. The van der Waals surface area contributed by atoms with Crippen LogP contribution >= 0.6 is 15.9 Å². The van der Waals surface area contributed by atoms with E-state index in [4.69, 9.17) is 0 Å². The quantitative estimate of drug-likeness (QED) is 0.811. The molecule has 0 aliphatic heterocycles. The van der Waals surface area contributed by atoms with Crippen molar-refractivity contribution in [2.45, 2.75) is 6.92 Å². The van der Waals surface area contributed by atoms with Gasteiger partial charge in [-0.25, -0.2) is 8.78 Å². The zero-order chi connectivity index (χ0) is 14.9. The highest BCUT2D eigenvalue weighted by atomic mass is 79.9. The molecule has 0 spiro atoms. The Morgan fingerprint density at radius 3 is 2.55 bits per heavy atom. The predicted molar refractivity (Wildman–Crippen MR) is 74.9 cm³/mol. The molecule has 0 unspecified atom stereocenters. The van der Waals surface area contributed by atoms with E-state index in [1.165, 1.54) is 18.2 Å². The van der Waals surface area contributed by atoms with Crippen molar-refractivity contribution in [3.63, 3.8) is 0 Å². The molecule has 0 bridgehead atoms. The van der Waals surface area contributed by atoms with E-state index in [0.717, 1.165) is 6.07 Å². The molecule has 2 aromatic rings. The molecule has 20 heavy (non-hydrogen) atoms. The predicted octanol–water partition coefficient (Wildman–Crippen LogP) is 3.99. The molecule has 0 saturated carbocycles. The average molecular weight is 342 g/mol. The zero-order valence-electron chi connectivity index (χ0n) is 10.4. The highest BCUT2D eigenvalue weighted by Crippen LogP contribution is 2.24. The van der Waals surface area contributed by atoms with E-state index in [1.54, 1.807) is 6.92 Å². The summed E-state index contributed by atoms with van der Waals surface area (Å²) in [6.45, 7) is 1.64. The third-order valence-electron chi connectivity index (χ3n) is 2.72. The highest BCUT2D eigenvalue weighted by molar-refractivity contribution is 9.10. The minimum absolute atomic E-state index is 0.0519. The van der Waals surface area contributed by atoms with Crippen LogP contribution in [0.2, 0.25) is 0 Å². The Bertz CT molecular complexity index is 689. The molecule has 2 aromatic carbocycles. The number of aromatic hydroxyl groups is 1. The van der Waals surface area contributed by atoms with Crippen molar-refractivity contribution in [3.05, 3.63) is 57.6 Å². The Morgan fingerprint density at radius 2 is 1.90 bits per heavy atom. The first-order valence-corrected chi connectivity index (χ1v) is 6.43. The number of anilines is 1. The van der Waals surface area contributed by atoms with E-state index in [0.29, 0.717) is 11.6 Å². The van der Waals surface area contributed by atoms with E-state index in [-0.39, 0.29) is 21.5 Å². The monoisotopic (exact) mass is 341 g/mol. The summed E-state index contributed by atoms with van der Waals surface area (Å²) >= 11 is 2.92. The summed E-state index contributed by atoms with van der Waals surface area (Å²) in [6, 6.07) is 6.09. The smallest absolute Gasteiger partial charge is 0.255 e. The fourth-order valence-corrected chi connectivity index (χ4v) is 1.95. The lowest BCUT2D eigenvalue weighted by Gasteiger charge is -2.08. The van der Waals surface area contributed by atoms with Gasteiger partial charge < -0.3 is 10.4 Å². The van der Waals surface area contributed by atoms with Crippen molar-refractivity contribution in [1.29, 1.82) is 0 Å². The minimum atomic E-state index is -0.866. The van der Waals surface area contributed by atoms with E-state index in [9.17, 15) is 18.7 Å². The summed E-state index contributed by atoms with van der Waals surface area (Å²) in [5.74, 6) is -2.10. The number of carbonyl (C=O) groups excluding carboxylic acids is 1. The maximum atomic E-state index is 13.5. The molecule has 6 heteroatoms. The number of hydrogen-bond donors (Lipinski definition) is 2. The highest BCUT2D eigenvalue weighted by Gasteiger charge is 2.13. The Labute approximate surface area is 122 Å². The van der Waals surface area contributed by atoms with Gasteiger partial charge in [-0.3, -0.25) is 4.79 Å². The Morgan fingerprint density at radius 1 is 1.20 bits per heavy atom. The third kappa shape index (κ3) is 2.96. The topological polar surface area (TPSA) is 49.3 Å². The van der Waals surface area contributed by atoms with Crippen molar-refractivity contribution < 1.29 is 18.7 Å². The number of benzene rings is 2. The van der Waals surface area contributed by atoms with Gasteiger partial charge in [0.25, 0.3) is 5.91 Å². The molecular weight excluding hydrogens is 332 g/mol. The molecule has 0 fully saturated rings. The van der Waals surface area contributed by atoms with Gasteiger partial charge in [-0.2, -0.15) is 0 Å². The number of halogens is 3. The van der Waals surface area contributed by atoms with Crippen LogP contribution in [0.1, 0.15) is 15.9 Å². The lowest BCUT2D eigenvalue weighted by Crippen LogP contribution is -2.13. The van der Waals surface area contributed by atoms with Crippen molar-refractivity contribution in [3.8, 4) is 5.75 Å². The summed E-state index contributed by atoms with van der Waals surface area (Å²) in [7, 11) is 0. The first-order chi connectivity index (χ1) is 9.38. The van der Waals surface area contributed by atoms with Crippen LogP contribution < -0.4 is 5.32 Å². The molecule has 0 aromatic heterocycles. The number of hydrogen-bond acceptors (Lipinski definition) is 2. The summed E-state index contributed by atoms with van der Waals surface area (Å²) in [4.78, 5) is 12.0. The van der Waals surface area contributed by atoms with Crippen LogP contribution in [0.3, 0.4) is 0 Å². The lowest BCUT2D eigenvalue weighted by molar-refractivity contribution is 0.102. The van der Waals surface area contributed by atoms with Gasteiger partial charge in [0, 0.05) is 11.6 Å². The van der Waals surface area contributed by atoms with Gasteiger partial charge in [0.05, 0.1) is 10.2 Å². The van der Waals surface area contributed by atoms with E-state index >= 15 is 0 Å². The van der Waals surface area contributed by atoms with Crippen LogP contribution in [-0.2, 0) is 0 Å². The molecule has 0 atom stereocenters. The van der Waals surface area contributed by atoms with Gasteiger partial charge >= 0.3 is 0 Å². The molecule has 2 N–H and O–H groups in total. The van der Waals surface area contributed by atoms with Crippen molar-refractivity contribution >= 4 is 27.5 Å². The number of aryl methyl sites for hydroxylation is 1. The van der Waals surface area contributed by atoms with Crippen LogP contribution in [0.15, 0.2) is 34.8 Å². The molecule has 2 rings (SSSR count). The molecule has 1 amide bonds. The van der Waals surface area contributed by atoms with Gasteiger partial charge in [0.15, 0.2) is 0 Å². The Balaban J connectivity index is 2.27. The SMILES string of the molecule is Cc1cc(C(=O)Nc2cc(Br)c(F)cc2F)ccc1O. The summed E-state index contributed by atoms with van der Waals surface area (Å²) in [5, 5.41) is 11.7. The van der Waals surface area contributed by atoms with E-state index < -0.39 is 17.5 Å². The minimum Gasteiger partial charge on any atom is -0.508 e. The zero-order valence-corrected chi connectivity index (χ0v) is 12.0. The van der Waals surface area contributed by atoms with Crippen LogP contribution in [-0.4, -0.2) is 11.0 Å². The second kappa shape index (κ2) is 5.58. The maximum Gasteiger partial charge on any atom is 0.255 e. The number of nitrogens with one attached hydrogen (secondary N) is 1. The normalized spacial score (nSPS) is 10.4. The molecule has 0 heterocycles. The molecule has 0 aliphatic rings. The van der Waals surface area contributed by atoms with Crippen LogP contribution in [0, 0.1) is 18.6 Å². The van der Waals surface area contributed by atoms with Crippen LogP contribution in [0.25, 0.3) is 0 Å². The number of rotatable bonds is 2. The number of phenolic OH excluding ortho intramolecular Hbond substituents is 1. The fraction of sp³-hybridized carbons (Fsp3) is 0.0714. The lowest BCUT2D eigenvalue weighted by atomic mass is 10.1. The standard InChI is InChI=1S/C14H10BrF2NO2/c1-7-4-8(2-3-13(7)19)14(20)18-12-5-9(15)10(16)6-11(12)17/h2-6,19H,1H3,(H,18,20). The molecular formula is C14H10BrF2NO2. The summed E-state index contributed by atoms with van der Waals surface area (Å²) in [6.07, 6.45) is 0. The Kier molecular flexibility index (Phi) is 4.04. The van der Waals surface area contributed by atoms with E-state index in [2.05, 4.69) is 21.2 Å². The number of carbonyl (C=O) groups is 1. The van der Waals surface area contributed by atoms with E-state index in [1.807, 2.05) is 0 Å². The van der Waals surface area contributed by atoms with Crippen LogP contribution in [0.5, 0.6) is 5.75 Å². The fourth-order valence-electron chi connectivity index (χ4n) is 1.61. The van der Waals surface area contributed by atoms with Crippen LogP contribution in [0.4, 0.5) is 14.5 Å². The third-order valence-corrected chi connectivity index (χ3v) is 3.32. The average Bonchev–Trinajstić information content (AvgIpc) is 2.39. The molecule has 0 radical (unpaired) electrons. The Hall–Kier alpha value is -1.95. The van der Waals surface area contributed by atoms with Gasteiger partial charge in [0.2, 0.25) is 0 Å². The molecule has 104 valence electrons. The summed E-state index contributed by atoms with van der Waals surface area (Å²) in [5.41, 5.74) is 0.660. The first kappa shape index (κ1) is 14.5. The van der Waals surface area contributed by atoms with Crippen molar-refractivity contribution in [1.82, 2.24) is 0 Å². The second-order valence-electron chi connectivity index (χ2n) is 4.20. The molecule has 0 aliphatic carbocycles. The largest absolute Gasteiger partial charge is 0.508 e. The number of amides is 1. The molecule has 3 nitrogen and oxygen atoms in total. The van der Waals surface area contributed by atoms with Crippen molar-refractivity contribution in [2.75, 3.05) is 5.32 Å². The van der Waals surface area contributed by atoms with Gasteiger partial charge in [-0.15, -0.1) is 0 Å². The summed E-state index contributed by atoms with van der Waals surface area (Å²) < 4.78 is 26.7. The van der Waals surface area contributed by atoms with Gasteiger partial charge in [-0.1, -0.05) is 0 Å². The maximum absolute atomic E-state index is 13.5. The number of phenols is 1. The molecule has 0 saturated heterocycles.